The van der Waals surface area contributed by atoms with E-state index in [0.29, 0.717) is 29.7 Å². The Hall–Kier alpha value is -2.39. The lowest BCUT2D eigenvalue weighted by molar-refractivity contribution is 0.0336. The first-order valence-electron chi connectivity index (χ1n) is 8.59. The molecule has 0 bridgehead atoms. The highest BCUT2D eigenvalue weighted by molar-refractivity contribution is 6.42. The third kappa shape index (κ3) is 3.64. The first-order valence-corrected chi connectivity index (χ1v) is 9.35. The number of aromatic nitrogens is 3. The second-order valence-corrected chi connectivity index (χ2v) is 7.13. The predicted octanol–water partition coefficient (Wildman–Crippen LogP) is 2.40. The molecule has 1 aromatic carbocycles. The highest BCUT2D eigenvalue weighted by Gasteiger charge is 2.29. The van der Waals surface area contributed by atoms with Crippen molar-refractivity contribution in [2.24, 2.45) is 0 Å². The Morgan fingerprint density at radius 2 is 2.04 bits per heavy atom. The van der Waals surface area contributed by atoms with Gasteiger partial charge in [-0.15, -0.1) is 0 Å². The lowest BCUT2D eigenvalue weighted by Crippen LogP contribution is -2.34. The van der Waals surface area contributed by atoms with Crippen LogP contribution in [0, 0.1) is 0 Å². The van der Waals surface area contributed by atoms with Gasteiger partial charge in [0.1, 0.15) is 6.10 Å². The number of halogens is 2. The third-order valence-corrected chi connectivity index (χ3v) is 5.32. The van der Waals surface area contributed by atoms with Crippen LogP contribution in [-0.4, -0.2) is 34.4 Å². The number of nitrogens with zero attached hydrogens (tertiary/aromatic N) is 2. The van der Waals surface area contributed by atoms with Crippen LogP contribution in [-0.2, 0) is 4.74 Å². The Morgan fingerprint density at radius 1 is 1.18 bits per heavy atom. The molecular weight excluding hydrogens is 407 g/mol. The molecule has 3 aromatic rings. The van der Waals surface area contributed by atoms with Gasteiger partial charge in [-0.3, -0.25) is 14.3 Å². The summed E-state index contributed by atoms with van der Waals surface area (Å²) in [6.45, 7) is 1.63. The summed E-state index contributed by atoms with van der Waals surface area (Å²) in [5.41, 5.74) is 0.718. The van der Waals surface area contributed by atoms with Gasteiger partial charge in [-0.2, -0.15) is 0 Å². The van der Waals surface area contributed by atoms with Gasteiger partial charge in [0.15, 0.2) is 5.82 Å². The van der Waals surface area contributed by atoms with Gasteiger partial charge in [0.2, 0.25) is 0 Å². The van der Waals surface area contributed by atoms with Crippen molar-refractivity contribution in [3.63, 3.8) is 0 Å². The zero-order valence-corrected chi connectivity index (χ0v) is 16.0. The van der Waals surface area contributed by atoms with Crippen LogP contribution < -0.4 is 16.6 Å². The summed E-state index contributed by atoms with van der Waals surface area (Å²) >= 11 is 12.2. The van der Waals surface area contributed by atoms with E-state index < -0.39 is 11.9 Å². The highest BCUT2D eigenvalue weighted by atomic mass is 35.5. The van der Waals surface area contributed by atoms with Gasteiger partial charge in [-0.05, 0) is 29.8 Å². The molecular formula is C18H16Cl2N4O4. The van der Waals surface area contributed by atoms with E-state index in [9.17, 15) is 9.59 Å². The molecule has 10 heteroatoms. The number of pyridine rings is 1. The highest BCUT2D eigenvalue weighted by Crippen LogP contribution is 2.34. The number of nitrogens with one attached hydrogen (secondary N) is 2. The zero-order valence-electron chi connectivity index (χ0n) is 14.5. The molecule has 1 fully saturated rings. The minimum atomic E-state index is -0.724. The number of benzene rings is 1. The van der Waals surface area contributed by atoms with E-state index >= 15 is 0 Å². The number of hydrogen-bond donors (Lipinski definition) is 2. The summed E-state index contributed by atoms with van der Waals surface area (Å²) in [5.74, 6) is -0.643. The molecule has 4 rings (SSSR count). The first kappa shape index (κ1) is 18.9. The molecule has 2 aromatic heterocycles. The van der Waals surface area contributed by atoms with Gasteiger partial charge in [0, 0.05) is 19.3 Å². The van der Waals surface area contributed by atoms with Crippen LogP contribution in [0.1, 0.15) is 17.7 Å². The maximum Gasteiger partial charge on any atom is 0.439 e. The molecule has 2 atom stereocenters. The molecule has 0 amide bonds. The fraction of sp³-hybridized carbons (Fsp3) is 0.278. The van der Waals surface area contributed by atoms with E-state index in [4.69, 9.17) is 27.9 Å². The number of hydrogen-bond acceptors (Lipinski definition) is 6. The first-order chi connectivity index (χ1) is 13.5. The summed E-state index contributed by atoms with van der Waals surface area (Å²) in [6.07, 6.45) is 1.25. The van der Waals surface area contributed by atoms with Crippen LogP contribution in [0.2, 0.25) is 10.0 Å². The average molecular weight is 423 g/mol. The van der Waals surface area contributed by atoms with Crippen molar-refractivity contribution in [2.75, 3.05) is 19.7 Å². The van der Waals surface area contributed by atoms with Gasteiger partial charge in [-0.1, -0.05) is 34.4 Å². The summed E-state index contributed by atoms with van der Waals surface area (Å²) in [6, 6.07) is 8.22. The normalized spacial score (nSPS) is 20.1. The van der Waals surface area contributed by atoms with E-state index in [1.54, 1.807) is 35.0 Å². The molecule has 2 N–H and O–H groups in total. The van der Waals surface area contributed by atoms with Crippen molar-refractivity contribution < 1.29 is 9.26 Å². The van der Waals surface area contributed by atoms with Crippen molar-refractivity contribution in [3.8, 4) is 11.4 Å². The maximum atomic E-state index is 13.1. The molecule has 0 saturated carbocycles. The third-order valence-electron chi connectivity index (χ3n) is 4.58. The van der Waals surface area contributed by atoms with Crippen molar-refractivity contribution in [1.82, 2.24) is 20.0 Å². The van der Waals surface area contributed by atoms with Crippen molar-refractivity contribution in [1.29, 1.82) is 0 Å². The number of H-pyrrole nitrogens is 1. The van der Waals surface area contributed by atoms with Crippen LogP contribution in [0.3, 0.4) is 0 Å². The Kier molecular flexibility index (Phi) is 5.36. The second-order valence-electron chi connectivity index (χ2n) is 6.31. The SMILES string of the molecule is O=c1[nH]c(-c2cccn(C3CNCCOC3c3ccc(Cl)c(Cl)c3)c2=O)no1. The lowest BCUT2D eigenvalue weighted by atomic mass is 10.0. The minimum absolute atomic E-state index is 0.0814. The second kappa shape index (κ2) is 7.92. The smallest absolute Gasteiger partial charge is 0.370 e. The van der Waals surface area contributed by atoms with E-state index in [2.05, 4.69) is 20.0 Å². The van der Waals surface area contributed by atoms with Crippen molar-refractivity contribution >= 4 is 23.2 Å². The summed E-state index contributed by atoms with van der Waals surface area (Å²) in [7, 11) is 0. The van der Waals surface area contributed by atoms with Crippen LogP contribution in [0.5, 0.6) is 0 Å². The average Bonchev–Trinajstić information content (AvgIpc) is 2.97. The lowest BCUT2D eigenvalue weighted by Gasteiger charge is -2.27. The summed E-state index contributed by atoms with van der Waals surface area (Å²) in [5, 5.41) is 7.75. The Balaban J connectivity index is 1.79. The molecule has 2 unspecified atom stereocenters. The molecule has 3 heterocycles. The molecule has 0 spiro atoms. The molecule has 0 radical (unpaired) electrons. The molecule has 1 aliphatic heterocycles. The fourth-order valence-electron chi connectivity index (χ4n) is 3.28. The predicted molar refractivity (Wildman–Crippen MR) is 104 cm³/mol. The Labute approximate surface area is 169 Å². The maximum absolute atomic E-state index is 13.1. The Morgan fingerprint density at radius 3 is 2.79 bits per heavy atom. The Bertz CT molecular complexity index is 1110. The molecule has 146 valence electrons. The van der Waals surface area contributed by atoms with Crippen LogP contribution >= 0.6 is 23.2 Å². The molecule has 0 aliphatic carbocycles. The van der Waals surface area contributed by atoms with E-state index in [0.717, 1.165) is 5.56 Å². The fourth-order valence-corrected chi connectivity index (χ4v) is 3.58. The molecule has 8 nitrogen and oxygen atoms in total. The molecule has 1 aliphatic rings. The van der Waals surface area contributed by atoms with Gasteiger partial charge in [0.25, 0.3) is 5.56 Å². The van der Waals surface area contributed by atoms with Gasteiger partial charge in [0.05, 0.1) is 28.3 Å². The number of rotatable bonds is 3. The van der Waals surface area contributed by atoms with Crippen molar-refractivity contribution in [2.45, 2.75) is 12.1 Å². The summed E-state index contributed by atoms with van der Waals surface area (Å²) < 4.78 is 12.1. The number of ether oxygens (including phenoxy) is 1. The van der Waals surface area contributed by atoms with Crippen LogP contribution in [0.15, 0.2) is 50.6 Å². The van der Waals surface area contributed by atoms with E-state index in [1.807, 2.05) is 6.07 Å². The quantitative estimate of drug-likeness (QED) is 0.671. The topological polar surface area (TPSA) is 102 Å². The van der Waals surface area contributed by atoms with E-state index in [1.165, 1.54) is 0 Å². The monoisotopic (exact) mass is 422 g/mol. The number of aromatic amines is 1. The largest absolute Gasteiger partial charge is 0.439 e. The standard InChI is InChI=1S/C18H16Cl2N4O4/c19-12-4-3-10(8-13(12)20)15-14(9-21-5-7-27-15)24-6-1-2-11(17(24)25)16-22-18(26)28-23-16/h1-4,6,8,14-15,21H,5,7,9H2,(H,22,23,26). The summed E-state index contributed by atoms with van der Waals surface area (Å²) in [4.78, 5) is 26.8. The van der Waals surface area contributed by atoms with Crippen molar-refractivity contribution in [3.05, 3.63) is 73.0 Å². The van der Waals surface area contributed by atoms with Gasteiger partial charge in [-0.25, -0.2) is 4.79 Å². The van der Waals surface area contributed by atoms with E-state index in [-0.39, 0.29) is 23.0 Å². The molecule has 1 saturated heterocycles. The van der Waals surface area contributed by atoms with Crippen LogP contribution in [0.25, 0.3) is 11.4 Å². The van der Waals surface area contributed by atoms with Gasteiger partial charge < -0.3 is 14.6 Å². The van der Waals surface area contributed by atoms with Gasteiger partial charge >= 0.3 is 5.76 Å². The minimum Gasteiger partial charge on any atom is -0.370 e. The van der Waals surface area contributed by atoms with Crippen LogP contribution in [0.4, 0.5) is 0 Å². The zero-order chi connectivity index (χ0) is 19.7. The molecule has 28 heavy (non-hydrogen) atoms.